The number of nitrogens with one attached hydrogen (secondary N) is 1. The van der Waals surface area contributed by atoms with Gasteiger partial charge in [0.05, 0.1) is 11.9 Å². The second kappa shape index (κ2) is 7.43. The van der Waals surface area contributed by atoms with Crippen LogP contribution >= 0.6 is 0 Å². The van der Waals surface area contributed by atoms with Crippen molar-refractivity contribution in [1.29, 1.82) is 0 Å². The van der Waals surface area contributed by atoms with Gasteiger partial charge in [-0.1, -0.05) is 6.07 Å². The number of nitrogens with zero attached hydrogens (tertiary/aromatic N) is 3. The van der Waals surface area contributed by atoms with Gasteiger partial charge in [0.2, 0.25) is 0 Å². The van der Waals surface area contributed by atoms with Crippen LogP contribution in [0.5, 0.6) is 0 Å². The molecule has 0 aliphatic heterocycles. The number of amides is 1. The van der Waals surface area contributed by atoms with Crippen molar-refractivity contribution >= 4 is 6.09 Å². The van der Waals surface area contributed by atoms with Gasteiger partial charge < -0.3 is 10.1 Å². The number of carbonyl (C=O) groups excluding carboxylic acids is 1. The van der Waals surface area contributed by atoms with E-state index in [-0.39, 0.29) is 5.92 Å². The van der Waals surface area contributed by atoms with E-state index in [1.165, 1.54) is 13.8 Å². The minimum Gasteiger partial charge on any atom is -0.444 e. The second-order valence-electron chi connectivity index (χ2n) is 7.83. The molecule has 2 heterocycles. The van der Waals surface area contributed by atoms with Crippen molar-refractivity contribution in [2.45, 2.75) is 51.8 Å². The average molecular weight is 362 g/mol. The number of hydrogen-bond donors (Lipinski definition) is 1. The lowest BCUT2D eigenvalue weighted by molar-refractivity contribution is 0.0526. The Kier molecular flexibility index (Phi) is 5.68. The minimum absolute atomic E-state index is 0.166. The van der Waals surface area contributed by atoms with Crippen LogP contribution in [-0.4, -0.2) is 33.0 Å². The predicted molar refractivity (Wildman–Crippen MR) is 97.7 cm³/mol. The summed E-state index contributed by atoms with van der Waals surface area (Å²) >= 11 is 0. The van der Waals surface area contributed by atoms with E-state index >= 15 is 0 Å². The summed E-state index contributed by atoms with van der Waals surface area (Å²) in [5.74, 6) is -0.166. The van der Waals surface area contributed by atoms with Crippen LogP contribution in [0.25, 0.3) is 0 Å². The maximum Gasteiger partial charge on any atom is 0.407 e. The predicted octanol–water partition coefficient (Wildman–Crippen LogP) is 3.68. The molecule has 2 aromatic heterocycles. The summed E-state index contributed by atoms with van der Waals surface area (Å²) in [6.07, 6.45) is 4.79. The van der Waals surface area contributed by atoms with E-state index in [9.17, 15) is 9.18 Å². The van der Waals surface area contributed by atoms with Crippen molar-refractivity contribution in [1.82, 2.24) is 20.1 Å². The molecule has 1 N–H and O–H groups in total. The van der Waals surface area contributed by atoms with Gasteiger partial charge in [-0.15, -0.1) is 0 Å². The highest BCUT2D eigenvalue weighted by molar-refractivity contribution is 5.67. The molecule has 6 nitrogen and oxygen atoms in total. The van der Waals surface area contributed by atoms with Crippen molar-refractivity contribution < 1.29 is 13.9 Å². The van der Waals surface area contributed by atoms with Gasteiger partial charge in [-0.05, 0) is 51.8 Å². The van der Waals surface area contributed by atoms with Crippen molar-refractivity contribution in [3.8, 4) is 0 Å². The number of aryl methyl sites for hydroxylation is 1. The molecule has 0 aliphatic carbocycles. The normalized spacial score (nSPS) is 13.3. The SMILES string of the molecule is Cn1cc(C(CNC(=O)OC(C)(C)C)c2ccc(C(C)(C)F)nc2)cn1. The molecule has 1 unspecified atom stereocenters. The highest BCUT2D eigenvalue weighted by atomic mass is 19.1. The molecule has 2 rings (SSSR count). The van der Waals surface area contributed by atoms with Gasteiger partial charge in [-0.3, -0.25) is 9.67 Å². The van der Waals surface area contributed by atoms with Crippen LogP contribution in [0.3, 0.4) is 0 Å². The zero-order valence-corrected chi connectivity index (χ0v) is 16.2. The number of rotatable bonds is 5. The van der Waals surface area contributed by atoms with Crippen LogP contribution in [0.15, 0.2) is 30.7 Å². The van der Waals surface area contributed by atoms with E-state index in [1.807, 2.05) is 40.1 Å². The third-order valence-electron chi connectivity index (χ3n) is 3.77. The second-order valence-corrected chi connectivity index (χ2v) is 7.83. The van der Waals surface area contributed by atoms with Gasteiger partial charge in [-0.25, -0.2) is 9.18 Å². The van der Waals surface area contributed by atoms with Gasteiger partial charge in [0.25, 0.3) is 0 Å². The van der Waals surface area contributed by atoms with Crippen LogP contribution in [0.4, 0.5) is 9.18 Å². The lowest BCUT2D eigenvalue weighted by Crippen LogP contribution is -2.35. The van der Waals surface area contributed by atoms with Gasteiger partial charge in [0, 0.05) is 31.9 Å². The first kappa shape index (κ1) is 19.9. The van der Waals surface area contributed by atoms with Crippen molar-refractivity contribution in [3.63, 3.8) is 0 Å². The minimum atomic E-state index is -1.50. The molecule has 26 heavy (non-hydrogen) atoms. The molecule has 1 amide bonds. The van der Waals surface area contributed by atoms with Crippen molar-refractivity contribution in [3.05, 3.63) is 47.5 Å². The Morgan fingerprint density at radius 2 is 1.92 bits per heavy atom. The standard InChI is InChI=1S/C19H27FN4O2/c1-18(2,3)26-17(25)22-11-15(14-10-23-24(6)12-14)13-7-8-16(21-9-13)19(4,5)20/h7-10,12,15H,11H2,1-6H3,(H,22,25). The maximum atomic E-state index is 14.0. The number of aromatic nitrogens is 3. The summed E-state index contributed by atoms with van der Waals surface area (Å²) in [5.41, 5.74) is 0.0897. The maximum absolute atomic E-state index is 14.0. The highest BCUT2D eigenvalue weighted by Gasteiger charge is 2.23. The Balaban J connectivity index is 2.21. The molecule has 0 aliphatic rings. The number of pyridine rings is 1. The quantitative estimate of drug-likeness (QED) is 0.881. The monoisotopic (exact) mass is 362 g/mol. The number of carbonyl (C=O) groups is 1. The topological polar surface area (TPSA) is 69.0 Å². The van der Waals surface area contributed by atoms with E-state index < -0.39 is 17.4 Å². The van der Waals surface area contributed by atoms with Crippen LogP contribution < -0.4 is 5.32 Å². The van der Waals surface area contributed by atoms with Crippen molar-refractivity contribution in [2.24, 2.45) is 7.05 Å². The molecule has 7 heteroatoms. The zero-order valence-electron chi connectivity index (χ0n) is 16.2. The molecule has 142 valence electrons. The number of hydrogen-bond acceptors (Lipinski definition) is 4. The lowest BCUT2D eigenvalue weighted by atomic mass is 9.94. The molecule has 0 bridgehead atoms. The molecule has 2 aromatic rings. The van der Waals surface area contributed by atoms with Gasteiger partial charge >= 0.3 is 6.09 Å². The van der Waals surface area contributed by atoms with Gasteiger partial charge in [-0.2, -0.15) is 5.10 Å². The summed E-state index contributed by atoms with van der Waals surface area (Å²) in [6, 6.07) is 3.50. The Bertz CT molecular complexity index is 742. The molecule has 0 radical (unpaired) electrons. The number of ether oxygens (including phenoxy) is 1. The third kappa shape index (κ3) is 5.54. The van der Waals surface area contributed by atoms with E-state index in [4.69, 9.17) is 4.74 Å². The fraction of sp³-hybridized carbons (Fsp3) is 0.526. The largest absolute Gasteiger partial charge is 0.444 e. The Labute approximate surface area is 153 Å². The highest BCUT2D eigenvalue weighted by Crippen LogP contribution is 2.27. The summed E-state index contributed by atoms with van der Waals surface area (Å²) in [5, 5.41) is 6.99. The lowest BCUT2D eigenvalue weighted by Gasteiger charge is -2.22. The van der Waals surface area contributed by atoms with Crippen molar-refractivity contribution in [2.75, 3.05) is 6.54 Å². The Morgan fingerprint density at radius 1 is 1.23 bits per heavy atom. The van der Waals surface area contributed by atoms with Crippen LogP contribution in [0.1, 0.15) is 57.4 Å². The first-order chi connectivity index (χ1) is 12.0. The zero-order chi connectivity index (χ0) is 19.5. The fourth-order valence-electron chi connectivity index (χ4n) is 2.51. The number of alkyl carbamates (subject to hydrolysis) is 1. The van der Waals surface area contributed by atoms with E-state index in [0.717, 1.165) is 11.1 Å². The summed E-state index contributed by atoms with van der Waals surface area (Å²) < 4.78 is 21.0. The number of alkyl halides is 1. The summed E-state index contributed by atoms with van der Waals surface area (Å²) in [6.45, 7) is 8.70. The fourth-order valence-corrected chi connectivity index (χ4v) is 2.51. The van der Waals surface area contributed by atoms with E-state index in [0.29, 0.717) is 12.2 Å². The van der Waals surface area contributed by atoms with E-state index in [2.05, 4.69) is 15.4 Å². The van der Waals surface area contributed by atoms with Gasteiger partial charge in [0.15, 0.2) is 0 Å². The molecule has 0 aromatic carbocycles. The average Bonchev–Trinajstić information content (AvgIpc) is 2.91. The Hall–Kier alpha value is -2.44. The molecular formula is C19H27FN4O2. The van der Waals surface area contributed by atoms with Crippen LogP contribution in [0.2, 0.25) is 0 Å². The smallest absolute Gasteiger partial charge is 0.407 e. The first-order valence-corrected chi connectivity index (χ1v) is 8.56. The molecule has 0 fully saturated rings. The van der Waals surface area contributed by atoms with Crippen LogP contribution in [0, 0.1) is 0 Å². The molecular weight excluding hydrogens is 335 g/mol. The summed E-state index contributed by atoms with van der Waals surface area (Å²) in [7, 11) is 1.83. The third-order valence-corrected chi connectivity index (χ3v) is 3.77. The Morgan fingerprint density at radius 3 is 2.38 bits per heavy atom. The van der Waals surface area contributed by atoms with Crippen LogP contribution in [-0.2, 0) is 17.5 Å². The number of halogens is 1. The molecule has 1 atom stereocenters. The van der Waals surface area contributed by atoms with E-state index in [1.54, 1.807) is 23.1 Å². The molecule has 0 saturated carbocycles. The first-order valence-electron chi connectivity index (χ1n) is 8.56. The molecule has 0 spiro atoms. The molecule has 0 saturated heterocycles. The van der Waals surface area contributed by atoms with Gasteiger partial charge in [0.1, 0.15) is 11.3 Å². The summed E-state index contributed by atoms with van der Waals surface area (Å²) in [4.78, 5) is 16.2.